The molecule has 0 amide bonds. The Morgan fingerprint density at radius 2 is 1.48 bits per heavy atom. The molecule has 0 radical (unpaired) electrons. The summed E-state index contributed by atoms with van der Waals surface area (Å²) in [6, 6.07) is 10.2. The van der Waals surface area contributed by atoms with Crippen molar-refractivity contribution in [3.63, 3.8) is 0 Å². The number of methoxy groups -OCH3 is 3. The Morgan fingerprint density at radius 3 is 1.96 bits per heavy atom. The summed E-state index contributed by atoms with van der Waals surface area (Å²) in [5.41, 5.74) is 1.47. The van der Waals surface area contributed by atoms with E-state index in [0.717, 1.165) is 5.56 Å². The molecule has 0 atom stereocenters. The number of ketones is 1. The van der Waals surface area contributed by atoms with Crippen molar-refractivity contribution in [2.75, 3.05) is 21.3 Å². The minimum atomic E-state index is -0.363. The Labute approximate surface area is 159 Å². The summed E-state index contributed by atoms with van der Waals surface area (Å²) in [5.74, 6) is 1.69. The first-order valence-electron chi connectivity index (χ1n) is 8.65. The lowest BCUT2D eigenvalue weighted by atomic mass is 10.1. The fraction of sp³-hybridized carbons (Fsp3) is 0.333. The number of benzene rings is 2. The number of aryl methyl sites for hydroxylation is 1. The lowest BCUT2D eigenvalue weighted by molar-refractivity contribution is -0.134. The van der Waals surface area contributed by atoms with Gasteiger partial charge in [0.25, 0.3) is 0 Å². The van der Waals surface area contributed by atoms with E-state index in [-0.39, 0.29) is 18.2 Å². The molecule has 0 aromatic heterocycles. The standard InChI is InChI=1S/C21H24O6/c1-5-17(22)15-7-9-16(10-8-15)27-20(23)11-6-14-12-18(24-2)21(26-4)19(13-14)25-3/h7-10,12-13H,5-6,11H2,1-4H3. The van der Waals surface area contributed by atoms with Crippen LogP contribution in [0.2, 0.25) is 0 Å². The van der Waals surface area contributed by atoms with Gasteiger partial charge in [-0.25, -0.2) is 0 Å². The fourth-order valence-electron chi connectivity index (χ4n) is 2.62. The molecule has 2 aromatic carbocycles. The van der Waals surface area contributed by atoms with Crippen LogP contribution in [0, 0.1) is 0 Å². The van der Waals surface area contributed by atoms with Gasteiger partial charge < -0.3 is 18.9 Å². The molecule has 0 aliphatic heterocycles. The Morgan fingerprint density at radius 1 is 0.889 bits per heavy atom. The molecule has 0 saturated heterocycles. The van der Waals surface area contributed by atoms with Crippen LogP contribution >= 0.6 is 0 Å². The number of carbonyl (C=O) groups is 2. The second kappa shape index (κ2) is 9.62. The summed E-state index contributed by atoms with van der Waals surface area (Å²) in [7, 11) is 4.63. The number of ether oxygens (including phenoxy) is 4. The highest BCUT2D eigenvalue weighted by Gasteiger charge is 2.14. The van der Waals surface area contributed by atoms with Crippen LogP contribution in [0.25, 0.3) is 0 Å². The third-order valence-corrected chi connectivity index (χ3v) is 4.07. The topological polar surface area (TPSA) is 71.1 Å². The second-order valence-corrected chi connectivity index (χ2v) is 5.81. The van der Waals surface area contributed by atoms with Crippen molar-refractivity contribution in [2.24, 2.45) is 0 Å². The van der Waals surface area contributed by atoms with Crippen LogP contribution in [0.5, 0.6) is 23.0 Å². The van der Waals surface area contributed by atoms with E-state index >= 15 is 0 Å². The minimum absolute atomic E-state index is 0.0512. The third kappa shape index (κ3) is 5.23. The average molecular weight is 372 g/mol. The monoisotopic (exact) mass is 372 g/mol. The maximum absolute atomic E-state index is 12.1. The Balaban J connectivity index is 2.00. The van der Waals surface area contributed by atoms with Gasteiger partial charge in [0.05, 0.1) is 21.3 Å². The largest absolute Gasteiger partial charge is 0.493 e. The first-order valence-corrected chi connectivity index (χ1v) is 8.65. The van der Waals surface area contributed by atoms with Crippen molar-refractivity contribution in [1.29, 1.82) is 0 Å². The molecule has 0 unspecified atom stereocenters. The molecule has 0 spiro atoms. The van der Waals surface area contributed by atoms with Crippen molar-refractivity contribution in [1.82, 2.24) is 0 Å². The van der Waals surface area contributed by atoms with Gasteiger partial charge in [0, 0.05) is 18.4 Å². The van der Waals surface area contributed by atoms with Crippen LogP contribution in [-0.4, -0.2) is 33.1 Å². The summed E-state index contributed by atoms with van der Waals surface area (Å²) in [5, 5.41) is 0. The molecule has 0 aliphatic rings. The normalized spacial score (nSPS) is 10.2. The second-order valence-electron chi connectivity index (χ2n) is 5.81. The molecule has 0 fully saturated rings. The molecule has 6 heteroatoms. The highest BCUT2D eigenvalue weighted by atomic mass is 16.5. The molecule has 0 aliphatic carbocycles. The summed E-state index contributed by atoms with van der Waals surface area (Å²) in [6.45, 7) is 1.80. The lowest BCUT2D eigenvalue weighted by Gasteiger charge is -2.14. The van der Waals surface area contributed by atoms with E-state index in [1.807, 2.05) is 0 Å². The van der Waals surface area contributed by atoms with Gasteiger partial charge in [-0.1, -0.05) is 6.92 Å². The molecule has 6 nitrogen and oxygen atoms in total. The minimum Gasteiger partial charge on any atom is -0.493 e. The Kier molecular flexibility index (Phi) is 7.23. The molecule has 2 rings (SSSR count). The summed E-state index contributed by atoms with van der Waals surface area (Å²) in [6.07, 6.45) is 1.09. The molecule has 27 heavy (non-hydrogen) atoms. The fourth-order valence-corrected chi connectivity index (χ4v) is 2.62. The van der Waals surface area contributed by atoms with Gasteiger partial charge in [-0.05, 0) is 48.4 Å². The van der Waals surface area contributed by atoms with Crippen LogP contribution < -0.4 is 18.9 Å². The Bertz CT molecular complexity index is 770. The van der Waals surface area contributed by atoms with Gasteiger partial charge in [0.15, 0.2) is 17.3 Å². The number of rotatable bonds is 9. The molecule has 0 heterocycles. The first-order chi connectivity index (χ1) is 13.0. The maximum atomic E-state index is 12.1. The predicted molar refractivity (Wildman–Crippen MR) is 101 cm³/mol. The van der Waals surface area contributed by atoms with E-state index in [1.165, 1.54) is 7.11 Å². The lowest BCUT2D eigenvalue weighted by Crippen LogP contribution is -2.09. The smallest absolute Gasteiger partial charge is 0.311 e. The molecule has 0 saturated carbocycles. The quantitative estimate of drug-likeness (QED) is 0.378. The molecule has 0 N–H and O–H groups in total. The van der Waals surface area contributed by atoms with Crippen LogP contribution in [-0.2, 0) is 11.2 Å². The zero-order valence-corrected chi connectivity index (χ0v) is 16.0. The molecular weight excluding hydrogens is 348 g/mol. The average Bonchev–Trinajstić information content (AvgIpc) is 2.71. The molecular formula is C21H24O6. The Hall–Kier alpha value is -3.02. The number of Topliss-reactive ketones (excluding diaryl/α,β-unsaturated/α-hetero) is 1. The van der Waals surface area contributed by atoms with E-state index in [2.05, 4.69) is 0 Å². The third-order valence-electron chi connectivity index (χ3n) is 4.07. The van der Waals surface area contributed by atoms with Gasteiger partial charge in [0.1, 0.15) is 5.75 Å². The van der Waals surface area contributed by atoms with Crippen molar-refractivity contribution in [2.45, 2.75) is 26.2 Å². The zero-order chi connectivity index (χ0) is 19.8. The summed E-state index contributed by atoms with van der Waals surface area (Å²) in [4.78, 5) is 23.7. The molecule has 2 aromatic rings. The first kappa shape index (κ1) is 20.3. The van der Waals surface area contributed by atoms with E-state index < -0.39 is 0 Å². The molecule has 144 valence electrons. The highest BCUT2D eigenvalue weighted by Crippen LogP contribution is 2.38. The van der Waals surface area contributed by atoms with Crippen LogP contribution in [0.3, 0.4) is 0 Å². The van der Waals surface area contributed by atoms with Crippen molar-refractivity contribution in [3.05, 3.63) is 47.5 Å². The maximum Gasteiger partial charge on any atom is 0.311 e. The van der Waals surface area contributed by atoms with Crippen LogP contribution in [0.1, 0.15) is 35.7 Å². The summed E-state index contributed by atoms with van der Waals surface area (Å²) >= 11 is 0. The van der Waals surface area contributed by atoms with Gasteiger partial charge in [0.2, 0.25) is 5.75 Å². The number of esters is 1. The van der Waals surface area contributed by atoms with E-state index in [9.17, 15) is 9.59 Å². The number of hydrogen-bond donors (Lipinski definition) is 0. The number of carbonyl (C=O) groups excluding carboxylic acids is 2. The zero-order valence-electron chi connectivity index (χ0n) is 16.0. The highest BCUT2D eigenvalue weighted by molar-refractivity contribution is 5.95. The molecule has 0 bridgehead atoms. The van der Waals surface area contributed by atoms with Crippen LogP contribution in [0.4, 0.5) is 0 Å². The van der Waals surface area contributed by atoms with E-state index in [0.29, 0.717) is 41.4 Å². The predicted octanol–water partition coefficient (Wildman–Crippen LogP) is 3.84. The van der Waals surface area contributed by atoms with Crippen molar-refractivity contribution in [3.8, 4) is 23.0 Å². The van der Waals surface area contributed by atoms with Gasteiger partial charge in [-0.15, -0.1) is 0 Å². The van der Waals surface area contributed by atoms with E-state index in [1.54, 1.807) is 57.5 Å². The SMILES string of the molecule is CCC(=O)c1ccc(OC(=O)CCc2cc(OC)c(OC)c(OC)c2)cc1. The van der Waals surface area contributed by atoms with Gasteiger partial charge >= 0.3 is 5.97 Å². The van der Waals surface area contributed by atoms with Crippen molar-refractivity contribution < 1.29 is 28.5 Å². The number of hydrogen-bond acceptors (Lipinski definition) is 6. The van der Waals surface area contributed by atoms with Gasteiger partial charge in [-0.3, -0.25) is 9.59 Å². The van der Waals surface area contributed by atoms with Crippen molar-refractivity contribution >= 4 is 11.8 Å². The van der Waals surface area contributed by atoms with Crippen LogP contribution in [0.15, 0.2) is 36.4 Å². The van der Waals surface area contributed by atoms with E-state index in [4.69, 9.17) is 18.9 Å². The van der Waals surface area contributed by atoms with Gasteiger partial charge in [-0.2, -0.15) is 0 Å². The summed E-state index contributed by atoms with van der Waals surface area (Å²) < 4.78 is 21.2.